The molecule has 0 heterocycles. The van der Waals surface area contributed by atoms with Gasteiger partial charge in [-0.2, -0.15) is 0 Å². The summed E-state index contributed by atoms with van der Waals surface area (Å²) >= 11 is 0. The molecule has 6 heteroatoms. The molecule has 1 N–H and O–H groups in total. The minimum atomic E-state index is -3.44. The standard InChI is InChI=1S/C18H28O5S/c1-3-4-5-6-7-8-9-10-13-23-17-12-11-15(24(2,21)22)14-16(17)18(19)20/h11-12,14H,3-10,13H2,1-2H3,(H,19,20). The van der Waals surface area contributed by atoms with Crippen LogP contribution in [0.3, 0.4) is 0 Å². The van der Waals surface area contributed by atoms with Crippen LogP contribution < -0.4 is 4.74 Å². The lowest BCUT2D eigenvalue weighted by Crippen LogP contribution is -2.07. The third kappa shape index (κ3) is 7.34. The molecule has 0 bridgehead atoms. The summed E-state index contributed by atoms with van der Waals surface area (Å²) < 4.78 is 28.6. The SMILES string of the molecule is CCCCCCCCCCOc1ccc(S(C)(=O)=O)cc1C(=O)O. The highest BCUT2D eigenvalue weighted by molar-refractivity contribution is 7.90. The summed E-state index contributed by atoms with van der Waals surface area (Å²) in [6, 6.07) is 3.95. The van der Waals surface area contributed by atoms with Crippen molar-refractivity contribution in [1.82, 2.24) is 0 Å². The van der Waals surface area contributed by atoms with E-state index in [1.807, 2.05) is 0 Å². The average molecular weight is 356 g/mol. The summed E-state index contributed by atoms with van der Waals surface area (Å²) in [6.07, 6.45) is 10.5. The lowest BCUT2D eigenvalue weighted by molar-refractivity contribution is 0.0692. The van der Waals surface area contributed by atoms with Crippen molar-refractivity contribution in [2.24, 2.45) is 0 Å². The Morgan fingerprint density at radius 2 is 1.62 bits per heavy atom. The van der Waals surface area contributed by atoms with Crippen LogP contribution in [0.15, 0.2) is 23.1 Å². The second-order valence-electron chi connectivity index (χ2n) is 6.06. The van der Waals surface area contributed by atoms with Crippen LogP contribution in [0.25, 0.3) is 0 Å². The molecule has 0 aliphatic heterocycles. The Morgan fingerprint density at radius 3 is 2.17 bits per heavy atom. The summed E-state index contributed by atoms with van der Waals surface area (Å²) in [5.74, 6) is -0.968. The maximum Gasteiger partial charge on any atom is 0.339 e. The first-order valence-corrected chi connectivity index (χ1v) is 10.5. The van der Waals surface area contributed by atoms with Crippen molar-refractivity contribution < 1.29 is 23.1 Å². The summed E-state index contributed by atoms with van der Waals surface area (Å²) in [5.41, 5.74) is -0.113. The highest BCUT2D eigenvalue weighted by Gasteiger charge is 2.16. The Balaban J connectivity index is 2.44. The van der Waals surface area contributed by atoms with Gasteiger partial charge in [0.1, 0.15) is 11.3 Å². The lowest BCUT2D eigenvalue weighted by Gasteiger charge is -2.10. The number of sulfone groups is 1. The number of carboxylic acids is 1. The number of benzene rings is 1. The molecule has 1 aromatic rings. The maximum absolute atomic E-state index is 11.5. The lowest BCUT2D eigenvalue weighted by atomic mass is 10.1. The van der Waals surface area contributed by atoms with Crippen molar-refractivity contribution in [3.63, 3.8) is 0 Å². The number of hydrogen-bond acceptors (Lipinski definition) is 4. The van der Waals surface area contributed by atoms with Gasteiger partial charge >= 0.3 is 5.97 Å². The summed E-state index contributed by atoms with van der Waals surface area (Å²) in [7, 11) is -3.44. The van der Waals surface area contributed by atoms with Crippen LogP contribution in [0.1, 0.15) is 68.6 Å². The van der Waals surface area contributed by atoms with E-state index in [0.717, 1.165) is 31.6 Å². The Morgan fingerprint density at radius 1 is 1.04 bits per heavy atom. The maximum atomic E-state index is 11.5. The molecule has 0 spiro atoms. The zero-order valence-electron chi connectivity index (χ0n) is 14.6. The molecular formula is C18H28O5S. The first-order chi connectivity index (χ1) is 11.4. The minimum absolute atomic E-state index is 0.0145. The van der Waals surface area contributed by atoms with Crippen LogP contribution in [-0.4, -0.2) is 32.4 Å². The van der Waals surface area contributed by atoms with Crippen molar-refractivity contribution in [3.05, 3.63) is 23.8 Å². The molecule has 0 aliphatic rings. The van der Waals surface area contributed by atoms with Gasteiger partial charge in [0.15, 0.2) is 9.84 Å². The van der Waals surface area contributed by atoms with E-state index in [-0.39, 0.29) is 16.2 Å². The number of carbonyl (C=O) groups is 1. The highest BCUT2D eigenvalue weighted by atomic mass is 32.2. The Hall–Kier alpha value is -1.56. The fourth-order valence-corrected chi connectivity index (χ4v) is 3.10. The van der Waals surface area contributed by atoms with Crippen LogP contribution in [0.5, 0.6) is 5.75 Å². The number of carboxylic acid groups (broad SMARTS) is 1. The zero-order valence-corrected chi connectivity index (χ0v) is 15.4. The minimum Gasteiger partial charge on any atom is -0.493 e. The summed E-state index contributed by atoms with van der Waals surface area (Å²) in [4.78, 5) is 11.3. The van der Waals surface area contributed by atoms with Gasteiger partial charge in [0.05, 0.1) is 11.5 Å². The molecule has 5 nitrogen and oxygen atoms in total. The Bertz CT molecular complexity index is 622. The normalized spacial score (nSPS) is 11.4. The van der Waals surface area contributed by atoms with E-state index in [9.17, 15) is 18.3 Å². The predicted octanol–water partition coefficient (Wildman–Crippen LogP) is 4.31. The van der Waals surface area contributed by atoms with Crippen molar-refractivity contribution >= 4 is 15.8 Å². The van der Waals surface area contributed by atoms with Gasteiger partial charge in [-0.25, -0.2) is 13.2 Å². The van der Waals surface area contributed by atoms with Gasteiger partial charge < -0.3 is 9.84 Å². The van der Waals surface area contributed by atoms with Gasteiger partial charge in [-0.15, -0.1) is 0 Å². The smallest absolute Gasteiger partial charge is 0.339 e. The summed E-state index contributed by atoms with van der Waals surface area (Å²) in [6.45, 7) is 2.64. The number of rotatable bonds is 12. The van der Waals surface area contributed by atoms with Crippen molar-refractivity contribution in [2.45, 2.75) is 63.2 Å². The highest BCUT2D eigenvalue weighted by Crippen LogP contribution is 2.23. The van der Waals surface area contributed by atoms with Gasteiger partial charge in [-0.05, 0) is 24.6 Å². The number of aromatic carboxylic acids is 1. The van der Waals surface area contributed by atoms with Crippen LogP contribution >= 0.6 is 0 Å². The number of unbranched alkanes of at least 4 members (excludes halogenated alkanes) is 7. The van der Waals surface area contributed by atoms with Gasteiger partial charge in [0.25, 0.3) is 0 Å². The molecule has 0 aromatic heterocycles. The molecule has 0 atom stereocenters. The van der Waals surface area contributed by atoms with Crippen LogP contribution in [0.4, 0.5) is 0 Å². The second kappa shape index (κ2) is 10.3. The molecule has 1 rings (SSSR count). The molecule has 1 aromatic carbocycles. The molecule has 0 saturated carbocycles. The van der Waals surface area contributed by atoms with E-state index < -0.39 is 15.8 Å². The molecule has 0 amide bonds. The molecular weight excluding hydrogens is 328 g/mol. The number of ether oxygens (including phenoxy) is 1. The molecule has 136 valence electrons. The quantitative estimate of drug-likeness (QED) is 0.565. The van der Waals surface area contributed by atoms with Crippen LogP contribution in [0, 0.1) is 0 Å². The van der Waals surface area contributed by atoms with Gasteiger partial charge in [0.2, 0.25) is 0 Å². The third-order valence-corrected chi connectivity index (χ3v) is 4.98. The Labute approximate surface area is 145 Å². The topological polar surface area (TPSA) is 80.7 Å². The molecule has 0 unspecified atom stereocenters. The van der Waals surface area contributed by atoms with E-state index in [1.54, 1.807) is 0 Å². The number of hydrogen-bond donors (Lipinski definition) is 1. The predicted molar refractivity (Wildman–Crippen MR) is 94.6 cm³/mol. The first-order valence-electron chi connectivity index (χ1n) is 8.56. The molecule has 0 fully saturated rings. The molecule has 24 heavy (non-hydrogen) atoms. The fourth-order valence-electron chi connectivity index (χ4n) is 2.45. The van der Waals surface area contributed by atoms with E-state index in [0.29, 0.717) is 6.61 Å². The van der Waals surface area contributed by atoms with E-state index in [2.05, 4.69) is 6.92 Å². The van der Waals surface area contributed by atoms with Crippen molar-refractivity contribution in [1.29, 1.82) is 0 Å². The Kier molecular flexibility index (Phi) is 8.82. The monoisotopic (exact) mass is 356 g/mol. The second-order valence-corrected chi connectivity index (χ2v) is 8.07. The van der Waals surface area contributed by atoms with E-state index in [1.165, 1.54) is 44.2 Å². The van der Waals surface area contributed by atoms with Crippen molar-refractivity contribution in [2.75, 3.05) is 12.9 Å². The third-order valence-electron chi connectivity index (χ3n) is 3.87. The van der Waals surface area contributed by atoms with Gasteiger partial charge in [-0.1, -0.05) is 51.9 Å². The fraction of sp³-hybridized carbons (Fsp3) is 0.611. The van der Waals surface area contributed by atoms with E-state index in [4.69, 9.17) is 4.74 Å². The van der Waals surface area contributed by atoms with Gasteiger partial charge in [0, 0.05) is 6.26 Å². The van der Waals surface area contributed by atoms with Crippen LogP contribution in [0.2, 0.25) is 0 Å². The first kappa shape index (κ1) is 20.5. The zero-order chi connectivity index (χ0) is 18.0. The molecule has 0 radical (unpaired) electrons. The molecule has 0 aliphatic carbocycles. The van der Waals surface area contributed by atoms with Gasteiger partial charge in [-0.3, -0.25) is 0 Å². The molecule has 0 saturated heterocycles. The van der Waals surface area contributed by atoms with Crippen LogP contribution in [-0.2, 0) is 9.84 Å². The largest absolute Gasteiger partial charge is 0.493 e. The summed E-state index contributed by atoms with van der Waals surface area (Å²) in [5, 5.41) is 9.22. The van der Waals surface area contributed by atoms with Crippen molar-refractivity contribution in [3.8, 4) is 5.75 Å². The van der Waals surface area contributed by atoms with E-state index >= 15 is 0 Å². The average Bonchev–Trinajstić information content (AvgIpc) is 2.52.